The number of rotatable bonds is 7. The van der Waals surface area contributed by atoms with Crippen LogP contribution in [0.3, 0.4) is 0 Å². The van der Waals surface area contributed by atoms with Crippen molar-refractivity contribution in [2.75, 3.05) is 7.11 Å². The van der Waals surface area contributed by atoms with Gasteiger partial charge in [0.25, 0.3) is 0 Å². The average molecular weight is 238 g/mol. The fourth-order valence-electron chi connectivity index (χ4n) is 2.38. The molecule has 0 spiro atoms. The predicted octanol–water partition coefficient (Wildman–Crippen LogP) is 0.610. The fourth-order valence-corrected chi connectivity index (χ4v) is 2.38. The van der Waals surface area contributed by atoms with Gasteiger partial charge in [-0.25, -0.2) is 0 Å². The van der Waals surface area contributed by atoms with Crippen molar-refractivity contribution in [3.05, 3.63) is 18.0 Å². The number of methoxy groups -OCH3 is 1. The SMILES string of the molecule is COC(C1CC1)C(CCc1cnn(C)c1)NN. The summed E-state index contributed by atoms with van der Waals surface area (Å²) in [6, 6.07) is 0.229. The second-order valence-electron chi connectivity index (χ2n) is 4.87. The van der Waals surface area contributed by atoms with E-state index in [2.05, 4.69) is 10.5 Å². The van der Waals surface area contributed by atoms with E-state index in [1.54, 1.807) is 7.11 Å². The zero-order chi connectivity index (χ0) is 12.3. The van der Waals surface area contributed by atoms with E-state index in [0.29, 0.717) is 5.92 Å². The maximum Gasteiger partial charge on any atom is 0.0765 e. The molecule has 1 heterocycles. The molecule has 5 nitrogen and oxygen atoms in total. The van der Waals surface area contributed by atoms with Crippen molar-refractivity contribution in [3.63, 3.8) is 0 Å². The van der Waals surface area contributed by atoms with Crippen molar-refractivity contribution in [1.82, 2.24) is 15.2 Å². The number of aromatic nitrogens is 2. The Morgan fingerprint density at radius 2 is 2.41 bits per heavy atom. The molecule has 2 atom stereocenters. The lowest BCUT2D eigenvalue weighted by atomic mass is 10.00. The van der Waals surface area contributed by atoms with Gasteiger partial charge in [-0.3, -0.25) is 16.0 Å². The van der Waals surface area contributed by atoms with Crippen LogP contribution in [0, 0.1) is 5.92 Å². The Bertz CT molecular complexity index is 348. The van der Waals surface area contributed by atoms with Crippen molar-refractivity contribution in [2.45, 2.75) is 37.8 Å². The van der Waals surface area contributed by atoms with E-state index in [9.17, 15) is 0 Å². The molecular weight excluding hydrogens is 216 g/mol. The number of ether oxygens (including phenoxy) is 1. The number of nitrogens with one attached hydrogen (secondary N) is 1. The number of hydrogen-bond donors (Lipinski definition) is 2. The summed E-state index contributed by atoms with van der Waals surface area (Å²) in [7, 11) is 3.71. The first-order chi connectivity index (χ1) is 8.24. The molecule has 1 aromatic rings. The Morgan fingerprint density at radius 1 is 1.65 bits per heavy atom. The van der Waals surface area contributed by atoms with E-state index >= 15 is 0 Å². The summed E-state index contributed by atoms with van der Waals surface area (Å²) in [6.45, 7) is 0. The molecule has 1 fully saturated rings. The van der Waals surface area contributed by atoms with Crippen molar-refractivity contribution in [1.29, 1.82) is 0 Å². The van der Waals surface area contributed by atoms with Crippen LogP contribution in [0.4, 0.5) is 0 Å². The molecule has 0 aliphatic heterocycles. The molecule has 5 heteroatoms. The molecule has 0 saturated heterocycles. The quantitative estimate of drug-likeness (QED) is 0.539. The Morgan fingerprint density at radius 3 is 2.88 bits per heavy atom. The second-order valence-corrected chi connectivity index (χ2v) is 4.87. The molecule has 1 aromatic heterocycles. The van der Waals surface area contributed by atoms with Crippen molar-refractivity contribution in [2.24, 2.45) is 18.8 Å². The molecule has 0 radical (unpaired) electrons. The first kappa shape index (κ1) is 12.5. The van der Waals surface area contributed by atoms with E-state index in [4.69, 9.17) is 10.6 Å². The smallest absolute Gasteiger partial charge is 0.0765 e. The lowest BCUT2D eigenvalue weighted by Crippen LogP contribution is -2.46. The number of hydrogen-bond acceptors (Lipinski definition) is 4. The molecule has 2 rings (SSSR count). The van der Waals surface area contributed by atoms with Crippen LogP contribution >= 0.6 is 0 Å². The fraction of sp³-hybridized carbons (Fsp3) is 0.750. The van der Waals surface area contributed by atoms with Crippen LogP contribution in [0.15, 0.2) is 12.4 Å². The van der Waals surface area contributed by atoms with Crippen LogP contribution in [-0.4, -0.2) is 29.0 Å². The first-order valence-corrected chi connectivity index (χ1v) is 6.21. The highest BCUT2D eigenvalue weighted by atomic mass is 16.5. The molecule has 96 valence electrons. The largest absolute Gasteiger partial charge is 0.379 e. The second kappa shape index (κ2) is 5.62. The van der Waals surface area contributed by atoms with Crippen LogP contribution in [0.25, 0.3) is 0 Å². The highest BCUT2D eigenvalue weighted by Gasteiger charge is 2.36. The van der Waals surface area contributed by atoms with Gasteiger partial charge in [0, 0.05) is 26.4 Å². The van der Waals surface area contributed by atoms with Gasteiger partial charge in [-0.2, -0.15) is 5.10 Å². The van der Waals surface area contributed by atoms with Gasteiger partial charge in [0.15, 0.2) is 0 Å². The molecule has 1 aliphatic rings. The monoisotopic (exact) mass is 238 g/mol. The van der Waals surface area contributed by atoms with Crippen LogP contribution in [0.2, 0.25) is 0 Å². The Kier molecular flexibility index (Phi) is 4.15. The average Bonchev–Trinajstić information content (AvgIpc) is 3.08. The zero-order valence-corrected chi connectivity index (χ0v) is 10.6. The standard InChI is InChI=1S/C12H22N4O/c1-16-8-9(7-14-16)3-6-11(15-13)12(17-2)10-4-5-10/h7-8,10-12,15H,3-6,13H2,1-2H3. The topological polar surface area (TPSA) is 65.1 Å². The van der Waals surface area contributed by atoms with E-state index in [0.717, 1.165) is 12.8 Å². The number of aryl methyl sites for hydroxylation is 2. The third kappa shape index (κ3) is 3.28. The van der Waals surface area contributed by atoms with E-state index in [1.807, 2.05) is 24.1 Å². The van der Waals surface area contributed by atoms with Crippen LogP contribution in [0.5, 0.6) is 0 Å². The predicted molar refractivity (Wildman–Crippen MR) is 66.2 cm³/mol. The van der Waals surface area contributed by atoms with E-state index in [-0.39, 0.29) is 12.1 Å². The Hall–Kier alpha value is -0.910. The Labute approximate surface area is 102 Å². The number of hydrazine groups is 1. The third-order valence-corrected chi connectivity index (χ3v) is 3.47. The molecule has 1 saturated carbocycles. The summed E-state index contributed by atoms with van der Waals surface area (Å²) in [5, 5.41) is 4.17. The first-order valence-electron chi connectivity index (χ1n) is 6.21. The van der Waals surface area contributed by atoms with Crippen LogP contribution < -0.4 is 11.3 Å². The van der Waals surface area contributed by atoms with Gasteiger partial charge in [-0.15, -0.1) is 0 Å². The maximum absolute atomic E-state index is 5.63. The molecule has 2 unspecified atom stereocenters. The van der Waals surface area contributed by atoms with E-state index in [1.165, 1.54) is 18.4 Å². The lowest BCUT2D eigenvalue weighted by Gasteiger charge is -2.25. The summed E-state index contributed by atoms with van der Waals surface area (Å²) in [6.07, 6.45) is 8.70. The zero-order valence-electron chi connectivity index (χ0n) is 10.6. The minimum Gasteiger partial charge on any atom is -0.379 e. The van der Waals surface area contributed by atoms with Gasteiger partial charge in [0.1, 0.15) is 0 Å². The molecule has 3 N–H and O–H groups in total. The van der Waals surface area contributed by atoms with Crippen molar-refractivity contribution >= 4 is 0 Å². The van der Waals surface area contributed by atoms with Crippen LogP contribution in [0.1, 0.15) is 24.8 Å². The molecule has 0 bridgehead atoms. The summed E-state index contributed by atoms with van der Waals surface area (Å²) in [4.78, 5) is 0. The molecule has 1 aliphatic carbocycles. The van der Waals surface area contributed by atoms with Crippen molar-refractivity contribution in [3.8, 4) is 0 Å². The van der Waals surface area contributed by atoms with Gasteiger partial charge in [0.05, 0.1) is 12.3 Å². The van der Waals surface area contributed by atoms with E-state index < -0.39 is 0 Å². The molecule has 0 aromatic carbocycles. The maximum atomic E-state index is 5.63. The molecule has 0 amide bonds. The summed E-state index contributed by atoms with van der Waals surface area (Å²) < 4.78 is 7.39. The van der Waals surface area contributed by atoms with Crippen molar-refractivity contribution < 1.29 is 4.74 Å². The minimum atomic E-state index is 0.229. The summed E-state index contributed by atoms with van der Waals surface area (Å²) in [5.74, 6) is 6.32. The molecule has 17 heavy (non-hydrogen) atoms. The van der Waals surface area contributed by atoms with Crippen LogP contribution in [-0.2, 0) is 18.2 Å². The van der Waals surface area contributed by atoms with Gasteiger partial charge in [-0.05, 0) is 37.2 Å². The van der Waals surface area contributed by atoms with Gasteiger partial charge in [0.2, 0.25) is 0 Å². The number of nitrogens with two attached hydrogens (primary N) is 1. The van der Waals surface area contributed by atoms with Gasteiger partial charge in [-0.1, -0.05) is 0 Å². The molecular formula is C12H22N4O. The summed E-state index contributed by atoms with van der Waals surface area (Å²) in [5.41, 5.74) is 4.15. The van der Waals surface area contributed by atoms with Gasteiger partial charge >= 0.3 is 0 Å². The highest BCUT2D eigenvalue weighted by Crippen LogP contribution is 2.36. The normalized spacial score (nSPS) is 19.2. The lowest BCUT2D eigenvalue weighted by molar-refractivity contribution is 0.0485. The third-order valence-electron chi connectivity index (χ3n) is 3.47. The van der Waals surface area contributed by atoms with Gasteiger partial charge < -0.3 is 4.74 Å². The Balaban J connectivity index is 1.86. The highest BCUT2D eigenvalue weighted by molar-refractivity contribution is 5.04. The summed E-state index contributed by atoms with van der Waals surface area (Å²) >= 11 is 0. The minimum absolute atomic E-state index is 0.229. The number of nitrogens with zero attached hydrogens (tertiary/aromatic N) is 2.